The molecule has 0 aliphatic carbocycles. The Morgan fingerprint density at radius 1 is 0.882 bits per heavy atom. The topological polar surface area (TPSA) is 88.7 Å². The number of benzene rings is 3. The third-order valence-corrected chi connectivity index (χ3v) is 8.23. The number of sulfonamides is 1. The number of pyridine rings is 1. The summed E-state index contributed by atoms with van der Waals surface area (Å²) in [6.45, 7) is -0.00784. The molecule has 0 atom stereocenters. The fourth-order valence-corrected chi connectivity index (χ4v) is 6.06. The van der Waals surface area contributed by atoms with Crippen molar-refractivity contribution < 1.29 is 17.9 Å². The molecule has 0 aliphatic rings. The van der Waals surface area contributed by atoms with Gasteiger partial charge in [-0.15, -0.1) is 0 Å². The molecule has 1 N–H and O–H groups in total. The summed E-state index contributed by atoms with van der Waals surface area (Å²) in [6.07, 6.45) is 0. The van der Waals surface area contributed by atoms with Crippen LogP contribution in [0.15, 0.2) is 87.0 Å². The highest BCUT2D eigenvalue weighted by molar-refractivity contribution is 9.10. The summed E-state index contributed by atoms with van der Waals surface area (Å²) in [7, 11) is -0.885. The minimum absolute atomic E-state index is 0.105. The first-order valence-corrected chi connectivity index (χ1v) is 12.6. The number of aromatic amines is 1. The molecule has 0 saturated heterocycles. The zero-order valence-corrected chi connectivity index (χ0v) is 21.0. The number of ether oxygens (including phenoxy) is 2. The Hall–Kier alpha value is -3.14. The van der Waals surface area contributed by atoms with Crippen LogP contribution in [0.1, 0.15) is 11.1 Å². The molecule has 0 radical (unpaired) electrons. The highest BCUT2D eigenvalue weighted by atomic mass is 79.9. The van der Waals surface area contributed by atoms with Gasteiger partial charge < -0.3 is 14.5 Å². The van der Waals surface area contributed by atoms with Crippen LogP contribution in [0.3, 0.4) is 0 Å². The summed E-state index contributed by atoms with van der Waals surface area (Å²) < 4.78 is 39.8. The normalized spacial score (nSPS) is 11.6. The van der Waals surface area contributed by atoms with E-state index in [0.29, 0.717) is 32.4 Å². The number of fused-ring (bicyclic) bond motifs is 1. The first-order chi connectivity index (χ1) is 16.3. The van der Waals surface area contributed by atoms with E-state index in [1.165, 1.54) is 18.5 Å². The standard InChI is InChI=1S/C25H23BrN2O5S/c1-32-22-13-18-12-19(25(29)27-21(18)14-23(22)33-2)16-28(15-17-8-4-3-5-9-17)34(30,31)24-11-7-6-10-20(24)26/h3-14H,15-16H2,1-2H3,(H,27,29). The molecule has 0 bridgehead atoms. The summed E-state index contributed by atoms with van der Waals surface area (Å²) in [5.41, 5.74) is 1.31. The summed E-state index contributed by atoms with van der Waals surface area (Å²) in [6, 6.07) is 21.0. The first-order valence-electron chi connectivity index (χ1n) is 10.4. The van der Waals surface area contributed by atoms with E-state index in [0.717, 1.165) is 5.56 Å². The molecule has 0 fully saturated rings. The van der Waals surface area contributed by atoms with Crippen LogP contribution in [-0.2, 0) is 23.1 Å². The minimum atomic E-state index is -3.93. The minimum Gasteiger partial charge on any atom is -0.493 e. The van der Waals surface area contributed by atoms with E-state index >= 15 is 0 Å². The molecule has 0 unspecified atom stereocenters. The fraction of sp³-hybridized carbons (Fsp3) is 0.160. The molecule has 4 rings (SSSR count). The van der Waals surface area contributed by atoms with Gasteiger partial charge in [0.25, 0.3) is 5.56 Å². The van der Waals surface area contributed by atoms with Crippen molar-refractivity contribution in [3.8, 4) is 11.5 Å². The molecule has 0 saturated carbocycles. The predicted molar refractivity (Wildman–Crippen MR) is 135 cm³/mol. The molecular weight excluding hydrogens is 520 g/mol. The fourth-order valence-electron chi connectivity index (χ4n) is 3.69. The summed E-state index contributed by atoms with van der Waals surface area (Å²) in [5.74, 6) is 0.996. The lowest BCUT2D eigenvalue weighted by atomic mass is 10.1. The Morgan fingerprint density at radius 2 is 1.53 bits per heavy atom. The SMILES string of the molecule is COc1cc2cc(CN(Cc3ccccc3)S(=O)(=O)c3ccccc3Br)c(=O)[nH]c2cc1OC. The third kappa shape index (κ3) is 4.86. The van der Waals surface area contributed by atoms with E-state index in [1.807, 2.05) is 30.3 Å². The molecular formula is C25H23BrN2O5S. The molecule has 7 nitrogen and oxygen atoms in total. The predicted octanol–water partition coefficient (Wildman–Crippen LogP) is 4.70. The van der Waals surface area contributed by atoms with Crippen molar-refractivity contribution in [3.05, 3.63) is 98.7 Å². The highest BCUT2D eigenvalue weighted by Gasteiger charge is 2.28. The van der Waals surface area contributed by atoms with Gasteiger partial charge in [0.1, 0.15) is 0 Å². The van der Waals surface area contributed by atoms with Gasteiger partial charge in [-0.25, -0.2) is 8.42 Å². The van der Waals surface area contributed by atoms with Crippen molar-refractivity contribution in [2.24, 2.45) is 0 Å². The van der Waals surface area contributed by atoms with E-state index in [4.69, 9.17) is 9.47 Å². The number of aromatic nitrogens is 1. The van der Waals surface area contributed by atoms with E-state index < -0.39 is 10.0 Å². The van der Waals surface area contributed by atoms with E-state index in [-0.39, 0.29) is 23.5 Å². The highest BCUT2D eigenvalue weighted by Crippen LogP contribution is 2.32. The van der Waals surface area contributed by atoms with Crippen LogP contribution >= 0.6 is 15.9 Å². The van der Waals surface area contributed by atoms with Crippen LogP contribution in [0.25, 0.3) is 10.9 Å². The number of nitrogens with zero attached hydrogens (tertiary/aromatic N) is 1. The zero-order valence-electron chi connectivity index (χ0n) is 18.6. The van der Waals surface area contributed by atoms with Crippen LogP contribution in [0.5, 0.6) is 11.5 Å². The molecule has 4 aromatic rings. The smallest absolute Gasteiger partial charge is 0.252 e. The van der Waals surface area contributed by atoms with Crippen LogP contribution < -0.4 is 15.0 Å². The van der Waals surface area contributed by atoms with Gasteiger partial charge in [0.2, 0.25) is 10.0 Å². The Labute approximate surface area is 206 Å². The van der Waals surface area contributed by atoms with Crippen LogP contribution in [0.4, 0.5) is 0 Å². The Balaban J connectivity index is 1.80. The van der Waals surface area contributed by atoms with E-state index in [9.17, 15) is 13.2 Å². The number of halogens is 1. The molecule has 0 amide bonds. The van der Waals surface area contributed by atoms with Crippen molar-refractivity contribution in [3.63, 3.8) is 0 Å². The van der Waals surface area contributed by atoms with Gasteiger partial charge in [-0.05, 0) is 45.8 Å². The second-order valence-corrected chi connectivity index (χ2v) is 10.4. The van der Waals surface area contributed by atoms with Crippen molar-refractivity contribution in [1.29, 1.82) is 0 Å². The van der Waals surface area contributed by atoms with Gasteiger partial charge >= 0.3 is 0 Å². The van der Waals surface area contributed by atoms with Crippen molar-refractivity contribution >= 4 is 36.9 Å². The lowest BCUT2D eigenvalue weighted by Gasteiger charge is -2.23. The van der Waals surface area contributed by atoms with Gasteiger partial charge in [-0.3, -0.25) is 4.79 Å². The quantitative estimate of drug-likeness (QED) is 0.348. The summed E-state index contributed by atoms with van der Waals surface area (Å²) in [4.78, 5) is 15.9. The van der Waals surface area contributed by atoms with Crippen molar-refractivity contribution in [2.45, 2.75) is 18.0 Å². The maximum Gasteiger partial charge on any atom is 0.252 e. The number of nitrogens with one attached hydrogen (secondary N) is 1. The molecule has 0 spiro atoms. The van der Waals surface area contributed by atoms with E-state index in [2.05, 4.69) is 20.9 Å². The van der Waals surface area contributed by atoms with Gasteiger partial charge in [-0.1, -0.05) is 42.5 Å². The maximum atomic E-state index is 13.7. The zero-order chi connectivity index (χ0) is 24.3. The molecule has 1 heterocycles. The third-order valence-electron chi connectivity index (χ3n) is 5.43. The first kappa shape index (κ1) is 24.0. The number of hydrogen-bond donors (Lipinski definition) is 1. The molecule has 0 aliphatic heterocycles. The lowest BCUT2D eigenvalue weighted by molar-refractivity contribution is 0.355. The number of hydrogen-bond acceptors (Lipinski definition) is 5. The largest absolute Gasteiger partial charge is 0.493 e. The number of H-pyrrole nitrogens is 1. The van der Waals surface area contributed by atoms with Gasteiger partial charge in [0.15, 0.2) is 11.5 Å². The van der Waals surface area contributed by atoms with Crippen molar-refractivity contribution in [1.82, 2.24) is 9.29 Å². The van der Waals surface area contributed by atoms with Gasteiger partial charge in [0, 0.05) is 34.6 Å². The Bertz CT molecular complexity index is 1490. The average Bonchev–Trinajstić information content (AvgIpc) is 2.84. The molecule has 176 valence electrons. The monoisotopic (exact) mass is 542 g/mol. The Kier molecular flexibility index (Phi) is 7.06. The number of methoxy groups -OCH3 is 2. The van der Waals surface area contributed by atoms with E-state index in [1.54, 1.807) is 42.5 Å². The van der Waals surface area contributed by atoms with Crippen LogP contribution in [0.2, 0.25) is 0 Å². The molecule has 1 aromatic heterocycles. The second kappa shape index (κ2) is 10.0. The maximum absolute atomic E-state index is 13.7. The van der Waals surface area contributed by atoms with Crippen LogP contribution in [0, 0.1) is 0 Å². The van der Waals surface area contributed by atoms with Gasteiger partial charge in [-0.2, -0.15) is 4.31 Å². The van der Waals surface area contributed by atoms with Crippen LogP contribution in [-0.4, -0.2) is 31.9 Å². The molecule has 3 aromatic carbocycles. The molecule has 34 heavy (non-hydrogen) atoms. The molecule has 9 heteroatoms. The van der Waals surface area contributed by atoms with Gasteiger partial charge in [0.05, 0.1) is 24.6 Å². The van der Waals surface area contributed by atoms with Crippen molar-refractivity contribution in [2.75, 3.05) is 14.2 Å². The second-order valence-electron chi connectivity index (χ2n) is 7.61. The summed E-state index contributed by atoms with van der Waals surface area (Å²) >= 11 is 3.35. The Morgan fingerprint density at radius 3 is 2.21 bits per heavy atom. The summed E-state index contributed by atoms with van der Waals surface area (Å²) in [5, 5.41) is 0.699. The lowest BCUT2D eigenvalue weighted by Crippen LogP contribution is -2.32. The number of rotatable bonds is 8. The average molecular weight is 543 g/mol.